The number of nitrogens with two attached hydrogens (primary N) is 1. The molecule has 0 aromatic heterocycles. The van der Waals surface area contributed by atoms with Gasteiger partial charge in [0, 0.05) is 24.8 Å². The molecule has 0 spiro atoms. The molecule has 1 aromatic rings. The van der Waals surface area contributed by atoms with Crippen LogP contribution in [0.1, 0.15) is 39.7 Å². The predicted octanol–water partition coefficient (Wildman–Crippen LogP) is 2.64. The standard InChI is InChI=1S/C15H26N2O/c1-12(2)17(9-8-15(3,4)18)11-13-6-5-7-14(16)10-13/h5-7,10,12,18H,8-9,11,16H2,1-4H3. The van der Waals surface area contributed by atoms with E-state index in [4.69, 9.17) is 5.73 Å². The SMILES string of the molecule is CC(C)N(CCC(C)(C)O)Cc1cccc(N)c1. The molecular formula is C15H26N2O. The summed E-state index contributed by atoms with van der Waals surface area (Å²) in [5, 5.41) is 9.81. The molecular weight excluding hydrogens is 224 g/mol. The van der Waals surface area contributed by atoms with Crippen molar-refractivity contribution < 1.29 is 5.11 Å². The Morgan fingerprint density at radius 3 is 2.50 bits per heavy atom. The van der Waals surface area contributed by atoms with Crippen LogP contribution in [0.15, 0.2) is 24.3 Å². The molecule has 0 amide bonds. The molecule has 0 bridgehead atoms. The normalized spacial score (nSPS) is 12.4. The molecule has 3 N–H and O–H groups in total. The van der Waals surface area contributed by atoms with Crippen LogP contribution in [0.4, 0.5) is 5.69 Å². The molecule has 0 saturated heterocycles. The number of aliphatic hydroxyl groups is 1. The highest BCUT2D eigenvalue weighted by atomic mass is 16.3. The van der Waals surface area contributed by atoms with Crippen LogP contribution >= 0.6 is 0 Å². The lowest BCUT2D eigenvalue weighted by molar-refractivity contribution is 0.0517. The minimum Gasteiger partial charge on any atom is -0.399 e. The molecule has 0 radical (unpaired) electrons. The fraction of sp³-hybridized carbons (Fsp3) is 0.600. The van der Waals surface area contributed by atoms with Gasteiger partial charge >= 0.3 is 0 Å². The highest BCUT2D eigenvalue weighted by molar-refractivity contribution is 5.40. The van der Waals surface area contributed by atoms with E-state index in [2.05, 4.69) is 24.8 Å². The number of hydrogen-bond acceptors (Lipinski definition) is 3. The summed E-state index contributed by atoms with van der Waals surface area (Å²) in [5.74, 6) is 0. The van der Waals surface area contributed by atoms with E-state index in [-0.39, 0.29) is 0 Å². The number of rotatable bonds is 6. The van der Waals surface area contributed by atoms with Gasteiger partial charge in [0.15, 0.2) is 0 Å². The maximum absolute atomic E-state index is 9.81. The summed E-state index contributed by atoms with van der Waals surface area (Å²) in [5.41, 5.74) is 7.21. The largest absolute Gasteiger partial charge is 0.399 e. The van der Waals surface area contributed by atoms with E-state index in [1.807, 2.05) is 32.0 Å². The maximum Gasteiger partial charge on any atom is 0.0603 e. The first-order valence-electron chi connectivity index (χ1n) is 6.59. The van der Waals surface area contributed by atoms with Gasteiger partial charge in [0.25, 0.3) is 0 Å². The molecule has 102 valence electrons. The van der Waals surface area contributed by atoms with Gasteiger partial charge in [-0.3, -0.25) is 4.90 Å². The number of nitrogens with zero attached hydrogens (tertiary/aromatic N) is 1. The number of anilines is 1. The summed E-state index contributed by atoms with van der Waals surface area (Å²) in [4.78, 5) is 2.35. The number of nitrogen functional groups attached to an aromatic ring is 1. The summed E-state index contributed by atoms with van der Waals surface area (Å²) in [6, 6.07) is 8.45. The van der Waals surface area contributed by atoms with Crippen molar-refractivity contribution in [3.05, 3.63) is 29.8 Å². The van der Waals surface area contributed by atoms with Crippen molar-refractivity contribution >= 4 is 5.69 Å². The van der Waals surface area contributed by atoms with Crippen LogP contribution in [0.2, 0.25) is 0 Å². The third-order valence-electron chi connectivity index (χ3n) is 3.08. The van der Waals surface area contributed by atoms with Crippen molar-refractivity contribution in [2.24, 2.45) is 0 Å². The topological polar surface area (TPSA) is 49.5 Å². The predicted molar refractivity (Wildman–Crippen MR) is 77.3 cm³/mol. The second-order valence-electron chi connectivity index (χ2n) is 5.87. The van der Waals surface area contributed by atoms with E-state index >= 15 is 0 Å². The van der Waals surface area contributed by atoms with Gasteiger partial charge < -0.3 is 10.8 Å². The minimum atomic E-state index is -0.608. The molecule has 3 nitrogen and oxygen atoms in total. The van der Waals surface area contributed by atoms with Crippen LogP contribution in [0.5, 0.6) is 0 Å². The molecule has 1 rings (SSSR count). The van der Waals surface area contributed by atoms with Crippen LogP contribution < -0.4 is 5.73 Å². The Hall–Kier alpha value is -1.06. The van der Waals surface area contributed by atoms with Gasteiger partial charge in [-0.05, 0) is 51.8 Å². The summed E-state index contributed by atoms with van der Waals surface area (Å²) >= 11 is 0. The van der Waals surface area contributed by atoms with Crippen molar-refractivity contribution in [2.75, 3.05) is 12.3 Å². The first-order valence-corrected chi connectivity index (χ1v) is 6.59. The van der Waals surface area contributed by atoms with E-state index in [0.717, 1.165) is 25.2 Å². The van der Waals surface area contributed by atoms with Crippen LogP contribution in [-0.2, 0) is 6.54 Å². The lowest BCUT2D eigenvalue weighted by atomic mass is 10.0. The lowest BCUT2D eigenvalue weighted by Crippen LogP contribution is -2.35. The third kappa shape index (κ3) is 5.52. The quantitative estimate of drug-likeness (QED) is 0.763. The molecule has 0 unspecified atom stereocenters. The Balaban J connectivity index is 2.63. The molecule has 18 heavy (non-hydrogen) atoms. The Morgan fingerprint density at radius 2 is 2.00 bits per heavy atom. The Bertz CT molecular complexity index is 369. The van der Waals surface area contributed by atoms with E-state index in [1.165, 1.54) is 5.56 Å². The van der Waals surface area contributed by atoms with E-state index in [0.29, 0.717) is 6.04 Å². The lowest BCUT2D eigenvalue weighted by Gasteiger charge is -2.29. The number of hydrogen-bond donors (Lipinski definition) is 2. The second-order valence-corrected chi connectivity index (χ2v) is 5.87. The fourth-order valence-electron chi connectivity index (χ4n) is 1.86. The Morgan fingerprint density at radius 1 is 1.33 bits per heavy atom. The van der Waals surface area contributed by atoms with Crippen molar-refractivity contribution in [3.63, 3.8) is 0 Å². The first-order chi connectivity index (χ1) is 8.28. The maximum atomic E-state index is 9.81. The average molecular weight is 250 g/mol. The molecule has 3 heteroatoms. The van der Waals surface area contributed by atoms with E-state index in [1.54, 1.807) is 0 Å². The van der Waals surface area contributed by atoms with Crippen molar-refractivity contribution in [1.29, 1.82) is 0 Å². The third-order valence-corrected chi connectivity index (χ3v) is 3.08. The molecule has 0 fully saturated rings. The first kappa shape index (κ1) is 15.0. The highest BCUT2D eigenvalue weighted by Crippen LogP contribution is 2.15. The Labute approximate surface area is 111 Å². The molecule has 0 aliphatic carbocycles. The van der Waals surface area contributed by atoms with E-state index in [9.17, 15) is 5.11 Å². The van der Waals surface area contributed by atoms with Gasteiger partial charge in [0.2, 0.25) is 0 Å². The smallest absolute Gasteiger partial charge is 0.0603 e. The van der Waals surface area contributed by atoms with Crippen LogP contribution in [0, 0.1) is 0 Å². The van der Waals surface area contributed by atoms with E-state index < -0.39 is 5.60 Å². The van der Waals surface area contributed by atoms with Gasteiger partial charge in [0.05, 0.1) is 5.60 Å². The highest BCUT2D eigenvalue weighted by Gasteiger charge is 2.17. The van der Waals surface area contributed by atoms with Crippen LogP contribution in [0.3, 0.4) is 0 Å². The molecule has 0 atom stereocenters. The average Bonchev–Trinajstić information content (AvgIpc) is 2.22. The summed E-state index contributed by atoms with van der Waals surface area (Å²) < 4.78 is 0. The number of benzene rings is 1. The van der Waals surface area contributed by atoms with Gasteiger partial charge in [-0.2, -0.15) is 0 Å². The summed E-state index contributed by atoms with van der Waals surface area (Å²) in [6.45, 7) is 9.82. The van der Waals surface area contributed by atoms with Gasteiger partial charge in [-0.15, -0.1) is 0 Å². The molecule has 0 heterocycles. The summed E-state index contributed by atoms with van der Waals surface area (Å²) in [7, 11) is 0. The second kappa shape index (κ2) is 6.21. The zero-order valence-corrected chi connectivity index (χ0v) is 12.0. The van der Waals surface area contributed by atoms with Crippen LogP contribution in [-0.4, -0.2) is 28.2 Å². The van der Waals surface area contributed by atoms with Gasteiger partial charge in [-0.25, -0.2) is 0 Å². The van der Waals surface area contributed by atoms with Crippen molar-refractivity contribution in [3.8, 4) is 0 Å². The monoisotopic (exact) mass is 250 g/mol. The zero-order valence-electron chi connectivity index (χ0n) is 12.0. The van der Waals surface area contributed by atoms with Crippen LogP contribution in [0.25, 0.3) is 0 Å². The fourth-order valence-corrected chi connectivity index (χ4v) is 1.86. The molecule has 1 aromatic carbocycles. The molecule has 0 aliphatic heterocycles. The molecule has 0 saturated carbocycles. The van der Waals surface area contributed by atoms with Crippen molar-refractivity contribution in [1.82, 2.24) is 4.90 Å². The van der Waals surface area contributed by atoms with Gasteiger partial charge in [0.1, 0.15) is 0 Å². The van der Waals surface area contributed by atoms with Gasteiger partial charge in [-0.1, -0.05) is 12.1 Å². The summed E-state index contributed by atoms with van der Waals surface area (Å²) in [6.07, 6.45) is 0.771. The zero-order chi connectivity index (χ0) is 13.8. The Kier molecular flexibility index (Phi) is 5.17. The minimum absolute atomic E-state index is 0.453. The van der Waals surface area contributed by atoms with Crippen molar-refractivity contribution in [2.45, 2.75) is 52.3 Å². The molecule has 0 aliphatic rings.